The highest BCUT2D eigenvalue weighted by Gasteiger charge is 2.60. The van der Waals surface area contributed by atoms with E-state index in [1.807, 2.05) is 0 Å². The fourth-order valence-electron chi connectivity index (χ4n) is 9.34. The number of aliphatic hydroxyl groups is 1. The number of hydrogen-bond acceptors (Lipinski definition) is 1. The van der Waals surface area contributed by atoms with E-state index in [0.717, 1.165) is 41.1 Å². The van der Waals surface area contributed by atoms with Gasteiger partial charge in [0.05, 0.1) is 6.26 Å². The third-order valence-corrected chi connectivity index (χ3v) is 11.4. The van der Waals surface area contributed by atoms with E-state index >= 15 is 0 Å². The van der Waals surface area contributed by atoms with Crippen LogP contribution in [0.25, 0.3) is 0 Å². The van der Waals surface area contributed by atoms with Crippen LogP contribution in [0.5, 0.6) is 0 Å². The van der Waals surface area contributed by atoms with Crippen LogP contribution in [-0.4, -0.2) is 5.11 Å². The van der Waals surface area contributed by atoms with Crippen LogP contribution in [0.15, 0.2) is 11.8 Å². The molecule has 4 aliphatic carbocycles. The van der Waals surface area contributed by atoms with Gasteiger partial charge < -0.3 is 5.11 Å². The van der Waals surface area contributed by atoms with Gasteiger partial charge in [-0.2, -0.15) is 0 Å². The lowest BCUT2D eigenvalue weighted by molar-refractivity contribution is -0.114. The van der Waals surface area contributed by atoms with E-state index in [4.69, 9.17) is 0 Å². The number of aliphatic hydroxyl groups excluding tert-OH is 1. The zero-order chi connectivity index (χ0) is 20.8. The van der Waals surface area contributed by atoms with Crippen LogP contribution in [0.2, 0.25) is 0 Å². The fraction of sp³-hybridized carbons (Fsp3) is 0.929. The van der Waals surface area contributed by atoms with Crippen LogP contribution in [0.4, 0.5) is 0 Å². The van der Waals surface area contributed by atoms with Gasteiger partial charge in [0.1, 0.15) is 0 Å². The molecule has 1 N–H and O–H groups in total. The van der Waals surface area contributed by atoms with Crippen molar-refractivity contribution in [3.8, 4) is 0 Å². The zero-order valence-electron chi connectivity index (χ0n) is 20.1. The van der Waals surface area contributed by atoms with E-state index in [0.29, 0.717) is 16.7 Å². The van der Waals surface area contributed by atoms with Crippen LogP contribution in [0, 0.1) is 52.3 Å². The molecule has 0 amide bonds. The Labute approximate surface area is 181 Å². The number of hydrogen-bond donors (Lipinski definition) is 1. The van der Waals surface area contributed by atoms with Crippen molar-refractivity contribution in [2.75, 3.05) is 0 Å². The molecule has 0 radical (unpaired) electrons. The second kappa shape index (κ2) is 8.23. The van der Waals surface area contributed by atoms with Gasteiger partial charge in [-0.3, -0.25) is 0 Å². The van der Waals surface area contributed by atoms with Crippen LogP contribution in [0.1, 0.15) is 112 Å². The molecule has 0 aromatic carbocycles. The molecule has 0 aromatic heterocycles. The largest absolute Gasteiger partial charge is 0.516 e. The van der Waals surface area contributed by atoms with Crippen molar-refractivity contribution in [1.29, 1.82) is 0 Å². The number of allylic oxidation sites excluding steroid dienone is 1. The van der Waals surface area contributed by atoms with E-state index in [2.05, 4.69) is 34.6 Å². The number of rotatable bonds is 5. The van der Waals surface area contributed by atoms with Crippen molar-refractivity contribution >= 4 is 0 Å². The maximum atomic E-state index is 9.33. The van der Waals surface area contributed by atoms with Crippen molar-refractivity contribution in [2.24, 2.45) is 52.3 Å². The van der Waals surface area contributed by atoms with E-state index in [1.54, 1.807) is 6.42 Å². The summed E-state index contributed by atoms with van der Waals surface area (Å²) in [7, 11) is 0. The first-order valence-electron chi connectivity index (χ1n) is 13.1. The first-order valence-corrected chi connectivity index (χ1v) is 13.1. The van der Waals surface area contributed by atoms with Gasteiger partial charge in [0.2, 0.25) is 0 Å². The van der Waals surface area contributed by atoms with Crippen molar-refractivity contribution in [1.82, 2.24) is 0 Å². The standard InChI is InChI=1S/C28H48O/c1-19(21(3)18-29)9-10-20(2)24-13-14-25-23-12-11-22-8-6-7-16-27(22,4)26(23)15-17-28(24,25)5/h18-20,22-26,29H,6-17H2,1-5H3/t19?,20?,22?,23-,24+,25-,26-,27-,28+/m0/s1. The Kier molecular flexibility index (Phi) is 6.18. The minimum Gasteiger partial charge on any atom is -0.516 e. The van der Waals surface area contributed by atoms with Crippen LogP contribution >= 0.6 is 0 Å². The lowest BCUT2D eigenvalue weighted by atomic mass is 9.44. The summed E-state index contributed by atoms with van der Waals surface area (Å²) in [5, 5.41) is 9.33. The van der Waals surface area contributed by atoms with Gasteiger partial charge in [0, 0.05) is 0 Å². The lowest BCUT2D eigenvalue weighted by Crippen LogP contribution is -2.53. The molecule has 0 spiro atoms. The maximum absolute atomic E-state index is 9.33. The van der Waals surface area contributed by atoms with Crippen molar-refractivity contribution in [3.63, 3.8) is 0 Å². The highest BCUT2D eigenvalue weighted by atomic mass is 16.2. The second-order valence-electron chi connectivity index (χ2n) is 12.5. The fourth-order valence-corrected chi connectivity index (χ4v) is 9.34. The molecule has 29 heavy (non-hydrogen) atoms. The van der Waals surface area contributed by atoms with Crippen LogP contribution in [0.3, 0.4) is 0 Å². The first-order chi connectivity index (χ1) is 13.8. The summed E-state index contributed by atoms with van der Waals surface area (Å²) >= 11 is 0. The molecule has 3 unspecified atom stereocenters. The average molecular weight is 401 g/mol. The molecule has 4 fully saturated rings. The summed E-state index contributed by atoms with van der Waals surface area (Å²) in [6.07, 6.45) is 19.0. The zero-order valence-corrected chi connectivity index (χ0v) is 20.1. The molecular formula is C28H48O. The van der Waals surface area contributed by atoms with Gasteiger partial charge in [-0.25, -0.2) is 0 Å². The monoisotopic (exact) mass is 400 g/mol. The lowest BCUT2D eigenvalue weighted by Gasteiger charge is -2.61. The smallest absolute Gasteiger partial charge is 0.0783 e. The van der Waals surface area contributed by atoms with Gasteiger partial charge in [-0.15, -0.1) is 0 Å². The van der Waals surface area contributed by atoms with Crippen molar-refractivity contribution in [3.05, 3.63) is 11.8 Å². The summed E-state index contributed by atoms with van der Waals surface area (Å²) in [6, 6.07) is 0. The minimum atomic E-state index is 0.518. The molecule has 1 heteroatoms. The van der Waals surface area contributed by atoms with Gasteiger partial charge in [0.15, 0.2) is 0 Å². The Morgan fingerprint density at radius 1 is 0.897 bits per heavy atom. The summed E-state index contributed by atoms with van der Waals surface area (Å²) in [6.45, 7) is 12.3. The average Bonchev–Trinajstić information content (AvgIpc) is 3.08. The predicted molar refractivity (Wildman–Crippen MR) is 124 cm³/mol. The molecule has 9 atom stereocenters. The molecule has 0 bridgehead atoms. The highest BCUT2D eigenvalue weighted by molar-refractivity contribution is 5.09. The minimum absolute atomic E-state index is 0.518. The molecule has 4 aliphatic rings. The number of fused-ring (bicyclic) bond motifs is 5. The van der Waals surface area contributed by atoms with Crippen LogP contribution in [-0.2, 0) is 0 Å². The Bertz CT molecular complexity index is 607. The molecule has 1 nitrogen and oxygen atoms in total. The van der Waals surface area contributed by atoms with E-state index in [9.17, 15) is 5.11 Å². The van der Waals surface area contributed by atoms with Gasteiger partial charge in [0.25, 0.3) is 0 Å². The van der Waals surface area contributed by atoms with Gasteiger partial charge in [-0.05, 0) is 129 Å². The third-order valence-electron chi connectivity index (χ3n) is 11.4. The van der Waals surface area contributed by atoms with E-state index in [-0.39, 0.29) is 0 Å². The molecular weight excluding hydrogens is 352 g/mol. The summed E-state index contributed by atoms with van der Waals surface area (Å²) < 4.78 is 0. The van der Waals surface area contributed by atoms with E-state index in [1.165, 1.54) is 76.9 Å². The van der Waals surface area contributed by atoms with Gasteiger partial charge >= 0.3 is 0 Å². The second-order valence-corrected chi connectivity index (χ2v) is 12.5. The molecule has 4 saturated carbocycles. The van der Waals surface area contributed by atoms with Crippen molar-refractivity contribution in [2.45, 2.75) is 112 Å². The highest BCUT2D eigenvalue weighted by Crippen LogP contribution is 2.68. The Morgan fingerprint density at radius 2 is 1.66 bits per heavy atom. The first kappa shape index (κ1) is 21.8. The molecule has 0 aromatic rings. The predicted octanol–water partition coefficient (Wildman–Crippen LogP) is 8.55. The Balaban J connectivity index is 1.45. The summed E-state index contributed by atoms with van der Waals surface area (Å²) in [5.74, 6) is 6.39. The molecule has 0 saturated heterocycles. The van der Waals surface area contributed by atoms with Gasteiger partial charge in [-0.1, -0.05) is 40.5 Å². The van der Waals surface area contributed by atoms with Crippen LogP contribution < -0.4 is 0 Å². The Morgan fingerprint density at radius 3 is 2.41 bits per heavy atom. The van der Waals surface area contributed by atoms with Crippen molar-refractivity contribution < 1.29 is 5.11 Å². The van der Waals surface area contributed by atoms with E-state index < -0.39 is 0 Å². The summed E-state index contributed by atoms with van der Waals surface area (Å²) in [5.41, 5.74) is 2.42. The third kappa shape index (κ3) is 3.61. The SMILES string of the molecule is CC(=CO)C(C)CCC(C)[C@H]1CC[C@H]2[C@@H]3CCC4CCCC[C@]4(C)[C@H]3CC[C@]12C. The molecule has 4 rings (SSSR count). The molecule has 0 heterocycles. The maximum Gasteiger partial charge on any atom is 0.0783 e. The normalized spacial score (nSPS) is 47.1. The Hall–Kier alpha value is -0.460. The quantitative estimate of drug-likeness (QED) is 0.458. The summed E-state index contributed by atoms with van der Waals surface area (Å²) in [4.78, 5) is 0. The topological polar surface area (TPSA) is 20.2 Å². The molecule has 166 valence electrons. The molecule has 0 aliphatic heterocycles.